The zero-order chi connectivity index (χ0) is 12.3. The Hall–Kier alpha value is -1.97. The van der Waals surface area contributed by atoms with Crippen molar-refractivity contribution in [3.8, 4) is 0 Å². The van der Waals surface area contributed by atoms with Crippen LogP contribution in [0.15, 0.2) is 30.6 Å². The van der Waals surface area contributed by atoms with E-state index >= 15 is 0 Å². The van der Waals surface area contributed by atoms with Crippen LogP contribution in [0, 0.1) is 0 Å². The van der Waals surface area contributed by atoms with Gasteiger partial charge < -0.3 is 5.73 Å². The molecule has 2 heterocycles. The SMILES string of the molecule is CC(C)c1cc(N)nc(Cc2cccnc2)n1. The first kappa shape index (κ1) is 11.5. The average Bonchev–Trinajstić information content (AvgIpc) is 2.29. The molecule has 0 amide bonds. The third-order valence-corrected chi connectivity index (χ3v) is 2.49. The van der Waals surface area contributed by atoms with Crippen molar-refractivity contribution in [1.82, 2.24) is 15.0 Å². The molecule has 0 radical (unpaired) electrons. The summed E-state index contributed by atoms with van der Waals surface area (Å²) in [7, 11) is 0. The molecule has 4 nitrogen and oxygen atoms in total. The summed E-state index contributed by atoms with van der Waals surface area (Å²) >= 11 is 0. The normalized spacial score (nSPS) is 10.8. The van der Waals surface area contributed by atoms with Crippen LogP contribution in [-0.2, 0) is 6.42 Å². The highest BCUT2D eigenvalue weighted by Crippen LogP contribution is 2.15. The van der Waals surface area contributed by atoms with Crippen LogP contribution in [0.5, 0.6) is 0 Å². The van der Waals surface area contributed by atoms with E-state index in [-0.39, 0.29) is 0 Å². The minimum atomic E-state index is 0.355. The Morgan fingerprint density at radius 2 is 2.12 bits per heavy atom. The molecule has 0 aromatic carbocycles. The second-order valence-corrected chi connectivity index (χ2v) is 4.33. The molecule has 0 unspecified atom stereocenters. The van der Waals surface area contributed by atoms with Gasteiger partial charge in [-0.05, 0) is 17.5 Å². The highest BCUT2D eigenvalue weighted by Gasteiger charge is 2.06. The summed E-state index contributed by atoms with van der Waals surface area (Å²) in [6.07, 6.45) is 4.24. The average molecular weight is 228 g/mol. The Bertz CT molecular complexity index is 494. The van der Waals surface area contributed by atoms with E-state index in [4.69, 9.17) is 5.73 Å². The molecule has 2 N–H and O–H groups in total. The topological polar surface area (TPSA) is 64.7 Å². The van der Waals surface area contributed by atoms with Gasteiger partial charge in [0, 0.05) is 30.6 Å². The fraction of sp³-hybridized carbons (Fsp3) is 0.308. The lowest BCUT2D eigenvalue weighted by Gasteiger charge is -2.08. The number of nitrogens with zero attached hydrogens (tertiary/aromatic N) is 3. The summed E-state index contributed by atoms with van der Waals surface area (Å²) < 4.78 is 0. The van der Waals surface area contributed by atoms with Gasteiger partial charge in [0.2, 0.25) is 0 Å². The van der Waals surface area contributed by atoms with Gasteiger partial charge in [0.15, 0.2) is 0 Å². The first-order valence-corrected chi connectivity index (χ1v) is 5.67. The highest BCUT2D eigenvalue weighted by molar-refractivity contribution is 5.32. The van der Waals surface area contributed by atoms with Crippen molar-refractivity contribution >= 4 is 5.82 Å². The highest BCUT2D eigenvalue weighted by atomic mass is 14.9. The number of hydrogen-bond acceptors (Lipinski definition) is 4. The summed E-state index contributed by atoms with van der Waals surface area (Å²) in [5.74, 6) is 1.64. The Morgan fingerprint density at radius 1 is 1.29 bits per heavy atom. The van der Waals surface area contributed by atoms with Crippen molar-refractivity contribution in [3.05, 3.63) is 47.7 Å². The van der Waals surface area contributed by atoms with Crippen LogP contribution < -0.4 is 5.73 Å². The maximum absolute atomic E-state index is 5.78. The number of nitrogens with two attached hydrogens (primary N) is 1. The van der Waals surface area contributed by atoms with Crippen molar-refractivity contribution in [2.24, 2.45) is 0 Å². The Labute approximate surface area is 101 Å². The lowest BCUT2D eigenvalue weighted by atomic mass is 10.1. The smallest absolute Gasteiger partial charge is 0.135 e. The lowest BCUT2D eigenvalue weighted by molar-refractivity contribution is 0.793. The van der Waals surface area contributed by atoms with Gasteiger partial charge in [0.1, 0.15) is 11.6 Å². The first-order valence-electron chi connectivity index (χ1n) is 5.67. The van der Waals surface area contributed by atoms with E-state index in [1.54, 1.807) is 6.20 Å². The molecule has 88 valence electrons. The van der Waals surface area contributed by atoms with E-state index in [2.05, 4.69) is 28.8 Å². The third kappa shape index (κ3) is 3.00. The summed E-state index contributed by atoms with van der Waals surface area (Å²) in [5.41, 5.74) is 7.86. The molecule has 0 fully saturated rings. The quantitative estimate of drug-likeness (QED) is 0.874. The Kier molecular flexibility index (Phi) is 3.32. The fourth-order valence-electron chi connectivity index (χ4n) is 1.60. The van der Waals surface area contributed by atoms with Gasteiger partial charge in [-0.15, -0.1) is 0 Å². The first-order chi connectivity index (χ1) is 8.15. The third-order valence-electron chi connectivity index (χ3n) is 2.49. The van der Waals surface area contributed by atoms with E-state index in [1.807, 2.05) is 24.4 Å². The summed E-state index contributed by atoms with van der Waals surface area (Å²) in [6, 6.07) is 5.75. The zero-order valence-corrected chi connectivity index (χ0v) is 10.1. The summed E-state index contributed by atoms with van der Waals surface area (Å²) in [6.45, 7) is 4.19. The Morgan fingerprint density at radius 3 is 2.76 bits per heavy atom. The number of aromatic nitrogens is 3. The second kappa shape index (κ2) is 4.91. The maximum atomic E-state index is 5.78. The minimum Gasteiger partial charge on any atom is -0.384 e. The minimum absolute atomic E-state index is 0.355. The molecule has 0 atom stereocenters. The van der Waals surface area contributed by atoms with Crippen molar-refractivity contribution in [2.75, 3.05) is 5.73 Å². The summed E-state index contributed by atoms with van der Waals surface area (Å²) in [5, 5.41) is 0. The maximum Gasteiger partial charge on any atom is 0.135 e. The number of hydrogen-bond donors (Lipinski definition) is 1. The van der Waals surface area contributed by atoms with Crippen LogP contribution in [0.3, 0.4) is 0 Å². The second-order valence-electron chi connectivity index (χ2n) is 4.33. The molecule has 0 aliphatic rings. The monoisotopic (exact) mass is 228 g/mol. The van der Waals surface area contributed by atoms with Crippen LogP contribution in [0.2, 0.25) is 0 Å². The van der Waals surface area contributed by atoms with Crippen LogP contribution in [0.1, 0.15) is 36.8 Å². The molecule has 0 bridgehead atoms. The van der Waals surface area contributed by atoms with E-state index in [0.29, 0.717) is 18.2 Å². The van der Waals surface area contributed by atoms with Crippen molar-refractivity contribution in [2.45, 2.75) is 26.2 Å². The van der Waals surface area contributed by atoms with Gasteiger partial charge in [-0.1, -0.05) is 19.9 Å². The molecule has 0 aliphatic carbocycles. The van der Waals surface area contributed by atoms with Crippen LogP contribution in [0.25, 0.3) is 0 Å². The molecule has 0 spiro atoms. The number of pyridine rings is 1. The van der Waals surface area contributed by atoms with Gasteiger partial charge in [0.05, 0.1) is 0 Å². The number of nitrogen functional groups attached to an aromatic ring is 1. The largest absolute Gasteiger partial charge is 0.384 e. The number of rotatable bonds is 3. The van der Waals surface area contributed by atoms with E-state index in [0.717, 1.165) is 17.1 Å². The van der Waals surface area contributed by atoms with Crippen LogP contribution >= 0.6 is 0 Å². The molecule has 2 aromatic heterocycles. The molecule has 0 saturated heterocycles. The lowest BCUT2D eigenvalue weighted by Crippen LogP contribution is -2.05. The van der Waals surface area contributed by atoms with Gasteiger partial charge in [-0.3, -0.25) is 4.98 Å². The van der Waals surface area contributed by atoms with Crippen LogP contribution in [-0.4, -0.2) is 15.0 Å². The van der Waals surface area contributed by atoms with Gasteiger partial charge >= 0.3 is 0 Å². The van der Waals surface area contributed by atoms with Crippen molar-refractivity contribution in [3.63, 3.8) is 0 Å². The molecule has 0 aliphatic heterocycles. The Balaban J connectivity index is 2.27. The molecule has 2 rings (SSSR count). The molecular weight excluding hydrogens is 212 g/mol. The van der Waals surface area contributed by atoms with E-state index < -0.39 is 0 Å². The zero-order valence-electron chi connectivity index (χ0n) is 10.1. The summed E-state index contributed by atoms with van der Waals surface area (Å²) in [4.78, 5) is 12.8. The predicted molar refractivity (Wildman–Crippen MR) is 67.6 cm³/mol. The molecule has 17 heavy (non-hydrogen) atoms. The number of anilines is 1. The van der Waals surface area contributed by atoms with Crippen LogP contribution in [0.4, 0.5) is 5.82 Å². The predicted octanol–water partition coefficient (Wildman–Crippen LogP) is 2.17. The van der Waals surface area contributed by atoms with E-state index in [9.17, 15) is 0 Å². The van der Waals surface area contributed by atoms with Crippen molar-refractivity contribution < 1.29 is 0 Å². The van der Waals surface area contributed by atoms with Gasteiger partial charge in [-0.2, -0.15) is 0 Å². The fourth-order valence-corrected chi connectivity index (χ4v) is 1.60. The van der Waals surface area contributed by atoms with E-state index in [1.165, 1.54) is 0 Å². The molecule has 4 heteroatoms. The molecule has 2 aromatic rings. The van der Waals surface area contributed by atoms with Crippen molar-refractivity contribution in [1.29, 1.82) is 0 Å². The molecule has 0 saturated carbocycles. The molecular formula is C13H16N4. The van der Waals surface area contributed by atoms with Gasteiger partial charge in [0.25, 0.3) is 0 Å². The van der Waals surface area contributed by atoms with Gasteiger partial charge in [-0.25, -0.2) is 9.97 Å². The standard InChI is InChI=1S/C13H16N4/c1-9(2)11-7-12(14)17-13(16-11)6-10-4-3-5-15-8-10/h3-5,7-9H,6H2,1-2H3,(H2,14,16,17).